The number of halogens is 2. The number of nitrogens with one attached hydrogen (secondary N) is 1. The zero-order valence-corrected chi connectivity index (χ0v) is 17.5. The summed E-state index contributed by atoms with van der Waals surface area (Å²) in [6, 6.07) is 13.4. The molecule has 0 aliphatic heterocycles. The number of carbonyl (C=O) groups is 2. The minimum absolute atomic E-state index is 0.192. The van der Waals surface area contributed by atoms with E-state index in [1.165, 1.54) is 4.90 Å². The number of rotatable bonds is 9. The van der Waals surface area contributed by atoms with E-state index in [-0.39, 0.29) is 25.0 Å². The van der Waals surface area contributed by atoms with Gasteiger partial charge in [-0.25, -0.2) is 0 Å². The van der Waals surface area contributed by atoms with E-state index in [2.05, 4.69) is 5.32 Å². The topological polar surface area (TPSA) is 58.6 Å². The van der Waals surface area contributed by atoms with Crippen LogP contribution in [-0.2, 0) is 16.1 Å². The van der Waals surface area contributed by atoms with E-state index in [1.54, 1.807) is 30.3 Å². The summed E-state index contributed by atoms with van der Waals surface area (Å²) >= 11 is 12.1. The molecule has 0 aliphatic carbocycles. The van der Waals surface area contributed by atoms with Gasteiger partial charge in [0.25, 0.3) is 5.91 Å². The number of benzene rings is 2. The number of amides is 2. The SMILES string of the molecule is CCNC(=O)[C@H](CC)N(Cc1ccccc1Cl)C(=O)COc1ccc(Cl)cc1. The highest BCUT2D eigenvalue weighted by atomic mass is 35.5. The maximum Gasteiger partial charge on any atom is 0.261 e. The summed E-state index contributed by atoms with van der Waals surface area (Å²) < 4.78 is 5.59. The van der Waals surface area contributed by atoms with Gasteiger partial charge in [0.15, 0.2) is 6.61 Å². The summed E-state index contributed by atoms with van der Waals surface area (Å²) in [5, 5.41) is 3.92. The minimum atomic E-state index is -0.613. The van der Waals surface area contributed by atoms with Crippen LogP contribution in [0.15, 0.2) is 48.5 Å². The van der Waals surface area contributed by atoms with Crippen molar-refractivity contribution >= 4 is 35.0 Å². The van der Waals surface area contributed by atoms with Gasteiger partial charge in [0.1, 0.15) is 11.8 Å². The number of hydrogen-bond acceptors (Lipinski definition) is 3. The Morgan fingerprint density at radius 1 is 1.07 bits per heavy atom. The van der Waals surface area contributed by atoms with Gasteiger partial charge in [-0.2, -0.15) is 0 Å². The van der Waals surface area contributed by atoms with Crippen molar-refractivity contribution in [3.63, 3.8) is 0 Å². The molecule has 0 saturated carbocycles. The average Bonchev–Trinajstić information content (AvgIpc) is 2.69. The Labute approximate surface area is 175 Å². The maximum absolute atomic E-state index is 13.0. The molecule has 0 fully saturated rings. The molecule has 2 amide bonds. The second-order valence-corrected chi connectivity index (χ2v) is 7.02. The summed E-state index contributed by atoms with van der Waals surface area (Å²) in [4.78, 5) is 27.0. The lowest BCUT2D eigenvalue weighted by Crippen LogP contribution is -2.50. The van der Waals surface area contributed by atoms with Crippen molar-refractivity contribution in [3.05, 3.63) is 64.1 Å². The first-order valence-electron chi connectivity index (χ1n) is 9.15. The largest absolute Gasteiger partial charge is 0.484 e. The van der Waals surface area contributed by atoms with Crippen molar-refractivity contribution in [2.24, 2.45) is 0 Å². The fourth-order valence-corrected chi connectivity index (χ4v) is 3.10. The van der Waals surface area contributed by atoms with E-state index < -0.39 is 6.04 Å². The normalized spacial score (nSPS) is 11.6. The van der Waals surface area contributed by atoms with Crippen LogP contribution in [0, 0.1) is 0 Å². The number of carbonyl (C=O) groups excluding carboxylic acids is 2. The van der Waals surface area contributed by atoms with Crippen molar-refractivity contribution < 1.29 is 14.3 Å². The molecular formula is C21H24Cl2N2O3. The molecule has 1 atom stereocenters. The van der Waals surface area contributed by atoms with Gasteiger partial charge in [-0.1, -0.05) is 48.3 Å². The second-order valence-electron chi connectivity index (χ2n) is 6.17. The molecule has 150 valence electrons. The van der Waals surface area contributed by atoms with Crippen LogP contribution in [0.3, 0.4) is 0 Å². The molecule has 0 aromatic heterocycles. The summed E-state index contributed by atoms with van der Waals surface area (Å²) in [6.07, 6.45) is 0.475. The van der Waals surface area contributed by atoms with Crippen LogP contribution in [0.4, 0.5) is 0 Å². The number of hydrogen-bond donors (Lipinski definition) is 1. The molecule has 2 rings (SSSR count). The first kappa shape index (κ1) is 22.1. The van der Waals surface area contributed by atoms with E-state index >= 15 is 0 Å². The molecule has 0 aliphatic rings. The predicted molar refractivity (Wildman–Crippen MR) is 112 cm³/mol. The Balaban J connectivity index is 2.20. The predicted octanol–water partition coefficient (Wildman–Crippen LogP) is 4.32. The zero-order chi connectivity index (χ0) is 20.5. The Morgan fingerprint density at radius 2 is 1.75 bits per heavy atom. The molecule has 0 heterocycles. The summed E-state index contributed by atoms with van der Waals surface area (Å²) in [7, 11) is 0. The molecule has 0 unspecified atom stereocenters. The molecule has 0 bridgehead atoms. The lowest BCUT2D eigenvalue weighted by atomic mass is 10.1. The Kier molecular flexibility index (Phi) is 8.61. The Bertz CT molecular complexity index is 796. The molecule has 5 nitrogen and oxygen atoms in total. The number of nitrogens with zero attached hydrogens (tertiary/aromatic N) is 1. The van der Waals surface area contributed by atoms with Crippen molar-refractivity contribution in [3.8, 4) is 5.75 Å². The molecule has 1 N–H and O–H groups in total. The first-order chi connectivity index (χ1) is 13.5. The molecule has 0 spiro atoms. The molecule has 0 saturated heterocycles. The molecule has 0 radical (unpaired) electrons. The lowest BCUT2D eigenvalue weighted by molar-refractivity contribution is -0.142. The molecule has 2 aromatic rings. The van der Waals surface area contributed by atoms with E-state index in [0.717, 1.165) is 5.56 Å². The summed E-state index contributed by atoms with van der Waals surface area (Å²) in [5.41, 5.74) is 0.770. The van der Waals surface area contributed by atoms with E-state index in [0.29, 0.717) is 28.8 Å². The third kappa shape index (κ3) is 6.14. The van der Waals surface area contributed by atoms with Crippen molar-refractivity contribution in [1.29, 1.82) is 0 Å². The van der Waals surface area contributed by atoms with Crippen molar-refractivity contribution in [1.82, 2.24) is 10.2 Å². The van der Waals surface area contributed by atoms with Crippen LogP contribution in [0.25, 0.3) is 0 Å². The van der Waals surface area contributed by atoms with Crippen LogP contribution in [0.2, 0.25) is 10.0 Å². The highest BCUT2D eigenvalue weighted by Crippen LogP contribution is 2.20. The van der Waals surface area contributed by atoms with Crippen LogP contribution in [0.5, 0.6) is 5.75 Å². The lowest BCUT2D eigenvalue weighted by Gasteiger charge is -2.30. The van der Waals surface area contributed by atoms with Crippen LogP contribution in [0.1, 0.15) is 25.8 Å². The van der Waals surface area contributed by atoms with Gasteiger partial charge >= 0.3 is 0 Å². The monoisotopic (exact) mass is 422 g/mol. The number of likely N-dealkylation sites (N-methyl/N-ethyl adjacent to an activating group) is 1. The quantitative estimate of drug-likeness (QED) is 0.654. The Hall–Kier alpha value is -2.24. The summed E-state index contributed by atoms with van der Waals surface area (Å²) in [6.45, 7) is 4.23. The Morgan fingerprint density at radius 3 is 2.36 bits per heavy atom. The van der Waals surface area contributed by atoms with Gasteiger partial charge in [0, 0.05) is 23.1 Å². The van der Waals surface area contributed by atoms with Crippen molar-refractivity contribution in [2.75, 3.05) is 13.2 Å². The van der Waals surface area contributed by atoms with Gasteiger partial charge < -0.3 is 15.0 Å². The maximum atomic E-state index is 13.0. The standard InChI is InChI=1S/C21H24Cl2N2O3/c1-3-19(21(27)24-4-2)25(13-15-7-5-6-8-18(15)23)20(26)14-28-17-11-9-16(22)10-12-17/h5-12,19H,3-4,13-14H2,1-2H3,(H,24,27)/t19-/m0/s1. The molecule has 7 heteroatoms. The van der Waals surface area contributed by atoms with E-state index in [9.17, 15) is 9.59 Å². The van der Waals surface area contributed by atoms with E-state index in [1.807, 2.05) is 32.0 Å². The molecular weight excluding hydrogens is 399 g/mol. The smallest absolute Gasteiger partial charge is 0.261 e. The van der Waals surface area contributed by atoms with Gasteiger partial charge in [-0.05, 0) is 49.2 Å². The fourth-order valence-electron chi connectivity index (χ4n) is 2.78. The van der Waals surface area contributed by atoms with E-state index in [4.69, 9.17) is 27.9 Å². The minimum Gasteiger partial charge on any atom is -0.484 e. The van der Waals surface area contributed by atoms with Crippen LogP contribution < -0.4 is 10.1 Å². The van der Waals surface area contributed by atoms with Gasteiger partial charge in [0.05, 0.1) is 0 Å². The fraction of sp³-hybridized carbons (Fsp3) is 0.333. The summed E-state index contributed by atoms with van der Waals surface area (Å²) in [5.74, 6) is 0.0337. The second kappa shape index (κ2) is 10.9. The van der Waals surface area contributed by atoms with Gasteiger partial charge in [-0.15, -0.1) is 0 Å². The van der Waals surface area contributed by atoms with Crippen LogP contribution in [-0.4, -0.2) is 35.9 Å². The first-order valence-corrected chi connectivity index (χ1v) is 9.90. The highest BCUT2D eigenvalue weighted by Gasteiger charge is 2.29. The third-order valence-corrected chi connectivity index (χ3v) is 4.83. The van der Waals surface area contributed by atoms with Crippen LogP contribution >= 0.6 is 23.2 Å². The van der Waals surface area contributed by atoms with Gasteiger partial charge in [0.2, 0.25) is 5.91 Å². The average molecular weight is 423 g/mol. The molecule has 28 heavy (non-hydrogen) atoms. The highest BCUT2D eigenvalue weighted by molar-refractivity contribution is 6.31. The zero-order valence-electron chi connectivity index (χ0n) is 16.0. The number of ether oxygens (including phenoxy) is 1. The van der Waals surface area contributed by atoms with Crippen molar-refractivity contribution in [2.45, 2.75) is 32.9 Å². The third-order valence-electron chi connectivity index (χ3n) is 4.21. The van der Waals surface area contributed by atoms with Gasteiger partial charge in [-0.3, -0.25) is 9.59 Å². The molecule has 2 aromatic carbocycles.